The molecule has 0 amide bonds. The van der Waals surface area contributed by atoms with Gasteiger partial charge >= 0.3 is 5.97 Å². The summed E-state index contributed by atoms with van der Waals surface area (Å²) in [6.07, 6.45) is 0. The van der Waals surface area contributed by atoms with Crippen molar-refractivity contribution in [3.05, 3.63) is 82.4 Å². The van der Waals surface area contributed by atoms with Crippen molar-refractivity contribution in [3.8, 4) is 23.0 Å². The van der Waals surface area contributed by atoms with Crippen LogP contribution in [0.15, 0.2) is 60.7 Å². The van der Waals surface area contributed by atoms with E-state index in [0.717, 1.165) is 11.1 Å². The molecule has 0 aliphatic rings. The van der Waals surface area contributed by atoms with Crippen molar-refractivity contribution >= 4 is 17.6 Å². The number of aromatic carboxylic acids is 1. The normalized spacial score (nSPS) is 10.5. The zero-order chi connectivity index (χ0) is 22.9. The smallest absolute Gasteiger partial charge is 0.335 e. The molecule has 0 atom stereocenters. The predicted molar refractivity (Wildman–Crippen MR) is 122 cm³/mol. The van der Waals surface area contributed by atoms with E-state index in [1.165, 1.54) is 12.1 Å². The van der Waals surface area contributed by atoms with Crippen LogP contribution in [0.3, 0.4) is 0 Å². The van der Waals surface area contributed by atoms with Gasteiger partial charge in [0.15, 0.2) is 23.0 Å². The topological polar surface area (TPSA) is 74.2 Å². The van der Waals surface area contributed by atoms with E-state index in [4.69, 9.17) is 30.5 Å². The third kappa shape index (κ3) is 6.08. The highest BCUT2D eigenvalue weighted by Crippen LogP contribution is 2.38. The Morgan fingerprint density at radius 3 is 2.16 bits per heavy atom. The summed E-state index contributed by atoms with van der Waals surface area (Å²) in [6, 6.07) is 18.2. The Balaban J connectivity index is 1.76. The van der Waals surface area contributed by atoms with Crippen molar-refractivity contribution in [2.45, 2.75) is 27.1 Å². The van der Waals surface area contributed by atoms with Crippen LogP contribution in [0.5, 0.6) is 23.0 Å². The Morgan fingerprint density at radius 1 is 0.781 bits per heavy atom. The number of carbonyl (C=O) groups is 1. The Morgan fingerprint density at radius 2 is 1.47 bits per heavy atom. The molecule has 3 aromatic carbocycles. The van der Waals surface area contributed by atoms with Gasteiger partial charge in [0.05, 0.1) is 23.8 Å². The maximum Gasteiger partial charge on any atom is 0.335 e. The van der Waals surface area contributed by atoms with Crippen molar-refractivity contribution in [3.63, 3.8) is 0 Å². The highest BCUT2D eigenvalue weighted by atomic mass is 35.5. The molecule has 0 fully saturated rings. The van der Waals surface area contributed by atoms with Crippen molar-refractivity contribution in [2.75, 3.05) is 13.2 Å². The third-order valence-corrected chi connectivity index (χ3v) is 4.77. The van der Waals surface area contributed by atoms with Gasteiger partial charge in [-0.2, -0.15) is 0 Å². The van der Waals surface area contributed by atoms with E-state index < -0.39 is 5.97 Å². The van der Waals surface area contributed by atoms with Crippen molar-refractivity contribution in [1.82, 2.24) is 0 Å². The standard InChI is InChI=1S/C25H25ClO6/c1-3-29-22-12-18(10-11-21(22)31-15-17-8-6-5-7-9-17)16-32-24-20(26)13-19(25(27)28)14-23(24)30-4-2/h5-14H,3-4,15-16H2,1-2H3,(H,27,28). The molecule has 7 heteroatoms. The number of carboxylic acid groups (broad SMARTS) is 1. The molecule has 0 saturated heterocycles. The number of rotatable bonds is 11. The molecule has 0 saturated carbocycles. The second-order valence-corrected chi connectivity index (χ2v) is 7.21. The molecule has 0 heterocycles. The Kier molecular flexibility index (Phi) is 8.22. The van der Waals surface area contributed by atoms with Crippen molar-refractivity contribution in [2.24, 2.45) is 0 Å². The minimum atomic E-state index is -1.09. The first-order valence-electron chi connectivity index (χ1n) is 10.3. The molecular formula is C25H25ClO6. The van der Waals surface area contributed by atoms with E-state index >= 15 is 0 Å². The Labute approximate surface area is 192 Å². The van der Waals surface area contributed by atoms with Crippen LogP contribution >= 0.6 is 11.6 Å². The lowest BCUT2D eigenvalue weighted by Crippen LogP contribution is -2.04. The first-order chi connectivity index (χ1) is 15.5. The Bertz CT molecular complexity index is 1050. The van der Waals surface area contributed by atoms with E-state index in [1.807, 2.05) is 55.5 Å². The molecule has 0 unspecified atom stereocenters. The third-order valence-electron chi connectivity index (χ3n) is 4.48. The SMILES string of the molecule is CCOc1cc(COc2c(Cl)cc(C(=O)O)cc2OCC)ccc1OCc1ccccc1. The fourth-order valence-electron chi connectivity index (χ4n) is 3.02. The summed E-state index contributed by atoms with van der Waals surface area (Å²) in [7, 11) is 0. The molecule has 3 rings (SSSR count). The van der Waals surface area contributed by atoms with Gasteiger partial charge in [-0.1, -0.05) is 48.0 Å². The maximum absolute atomic E-state index is 11.3. The van der Waals surface area contributed by atoms with Crippen LogP contribution in [-0.2, 0) is 13.2 Å². The van der Waals surface area contributed by atoms with Gasteiger partial charge in [-0.25, -0.2) is 4.79 Å². The first kappa shape index (κ1) is 23.3. The van der Waals surface area contributed by atoms with Crippen LogP contribution in [0, 0.1) is 0 Å². The van der Waals surface area contributed by atoms with Gasteiger partial charge in [-0.05, 0) is 49.2 Å². The van der Waals surface area contributed by atoms with E-state index in [1.54, 1.807) is 6.92 Å². The minimum Gasteiger partial charge on any atom is -0.490 e. The molecule has 0 radical (unpaired) electrons. The van der Waals surface area contributed by atoms with Gasteiger partial charge in [0, 0.05) is 0 Å². The van der Waals surface area contributed by atoms with Crippen LogP contribution < -0.4 is 18.9 Å². The Hall–Kier alpha value is -3.38. The molecule has 3 aromatic rings. The maximum atomic E-state index is 11.3. The lowest BCUT2D eigenvalue weighted by Gasteiger charge is -2.16. The average Bonchev–Trinajstić information content (AvgIpc) is 2.79. The monoisotopic (exact) mass is 456 g/mol. The van der Waals surface area contributed by atoms with Crippen LogP contribution in [0.2, 0.25) is 5.02 Å². The van der Waals surface area contributed by atoms with E-state index in [-0.39, 0.29) is 22.9 Å². The summed E-state index contributed by atoms with van der Waals surface area (Å²) in [6.45, 7) is 5.15. The zero-order valence-corrected chi connectivity index (χ0v) is 18.7. The predicted octanol–water partition coefficient (Wildman–Crippen LogP) is 5.99. The number of ether oxygens (including phenoxy) is 4. The van der Waals surface area contributed by atoms with Gasteiger partial charge in [0.25, 0.3) is 0 Å². The molecule has 0 aromatic heterocycles. The van der Waals surface area contributed by atoms with Crippen LogP contribution in [0.4, 0.5) is 0 Å². The quantitative estimate of drug-likeness (QED) is 0.382. The second-order valence-electron chi connectivity index (χ2n) is 6.80. The van der Waals surface area contributed by atoms with Crippen LogP contribution in [0.1, 0.15) is 35.3 Å². The molecule has 1 N–H and O–H groups in total. The minimum absolute atomic E-state index is 0.0318. The number of halogens is 1. The fraction of sp³-hybridized carbons (Fsp3) is 0.240. The van der Waals surface area contributed by atoms with Crippen LogP contribution in [0.25, 0.3) is 0 Å². The summed E-state index contributed by atoms with van der Waals surface area (Å²) >= 11 is 6.27. The average molecular weight is 457 g/mol. The van der Waals surface area contributed by atoms with Crippen molar-refractivity contribution in [1.29, 1.82) is 0 Å². The van der Waals surface area contributed by atoms with Gasteiger partial charge in [0.1, 0.15) is 13.2 Å². The van der Waals surface area contributed by atoms with Gasteiger partial charge in [-0.3, -0.25) is 0 Å². The van der Waals surface area contributed by atoms with Gasteiger partial charge in [0.2, 0.25) is 0 Å². The van der Waals surface area contributed by atoms with Crippen molar-refractivity contribution < 1.29 is 28.8 Å². The molecule has 32 heavy (non-hydrogen) atoms. The highest BCUT2D eigenvalue weighted by Gasteiger charge is 2.16. The molecule has 0 spiro atoms. The fourth-order valence-corrected chi connectivity index (χ4v) is 3.28. The molecule has 0 aliphatic heterocycles. The number of benzene rings is 3. The second kappa shape index (κ2) is 11.3. The van der Waals surface area contributed by atoms with Gasteiger partial charge < -0.3 is 24.1 Å². The summed E-state index contributed by atoms with van der Waals surface area (Å²) in [5, 5.41) is 9.41. The summed E-state index contributed by atoms with van der Waals surface area (Å²) in [5.74, 6) is 0.734. The first-order valence-corrected chi connectivity index (χ1v) is 10.6. The molecule has 6 nitrogen and oxygen atoms in total. The molecule has 0 bridgehead atoms. The lowest BCUT2D eigenvalue weighted by molar-refractivity contribution is 0.0696. The number of hydrogen-bond acceptors (Lipinski definition) is 5. The molecule has 168 valence electrons. The van der Waals surface area contributed by atoms with E-state index in [0.29, 0.717) is 37.1 Å². The zero-order valence-electron chi connectivity index (χ0n) is 18.0. The van der Waals surface area contributed by atoms with Crippen LogP contribution in [-0.4, -0.2) is 24.3 Å². The van der Waals surface area contributed by atoms with Gasteiger partial charge in [-0.15, -0.1) is 0 Å². The lowest BCUT2D eigenvalue weighted by atomic mass is 10.2. The summed E-state index contributed by atoms with van der Waals surface area (Å²) < 4.78 is 23.1. The molecule has 0 aliphatic carbocycles. The van der Waals surface area contributed by atoms with E-state index in [9.17, 15) is 9.90 Å². The largest absolute Gasteiger partial charge is 0.490 e. The molecular weight excluding hydrogens is 432 g/mol. The number of hydrogen-bond donors (Lipinski definition) is 1. The number of carboxylic acids is 1. The summed E-state index contributed by atoms with van der Waals surface area (Å²) in [4.78, 5) is 11.3. The highest BCUT2D eigenvalue weighted by molar-refractivity contribution is 6.32. The van der Waals surface area contributed by atoms with E-state index in [2.05, 4.69) is 0 Å². The summed E-state index contributed by atoms with van der Waals surface area (Å²) in [5.41, 5.74) is 1.93.